The average molecular weight is 551 g/mol. The number of aromatic hydroxyl groups is 1. The number of carbonyl (C=O) groups is 1. The Morgan fingerprint density at radius 2 is 1.65 bits per heavy atom. The van der Waals surface area contributed by atoms with Crippen LogP contribution in [0.4, 0.5) is 10.5 Å². The van der Waals surface area contributed by atoms with Gasteiger partial charge in [0.15, 0.2) is 6.10 Å². The maximum atomic E-state index is 12.7. The molecule has 2 atom stereocenters. The number of ether oxygens (including phenoxy) is 2. The van der Waals surface area contributed by atoms with Crippen molar-refractivity contribution in [3.05, 3.63) is 87.3 Å². The fourth-order valence-corrected chi connectivity index (χ4v) is 3.61. The lowest BCUT2D eigenvalue weighted by molar-refractivity contribution is 0.00797. The number of anilines is 1. The molecule has 3 aromatic carbocycles. The number of hydrogen-bond acceptors (Lipinski definition) is 5. The van der Waals surface area contributed by atoms with Crippen molar-refractivity contribution in [1.82, 2.24) is 0 Å². The molecule has 0 bridgehead atoms. The van der Waals surface area contributed by atoms with Gasteiger partial charge in [-0.3, -0.25) is 5.32 Å². The molecule has 0 spiro atoms. The van der Waals surface area contributed by atoms with Gasteiger partial charge >= 0.3 is 6.09 Å². The molecule has 0 aromatic heterocycles. The van der Waals surface area contributed by atoms with Gasteiger partial charge in [0.2, 0.25) is 0 Å². The standard InChI is InChI=1S/C23H21Br2NO5/c24-15-6-9-17(10-7-15)26-23(29)31-22(19-14-16(25)8-11-20(19)28)21(12-13-27)30-18-4-2-1-3-5-18/h1-11,14,21-22,27-28H,12-13H2,(H,26,29)/t21-,22-/m1/s1. The summed E-state index contributed by atoms with van der Waals surface area (Å²) in [6.45, 7) is -0.194. The third-order valence-corrected chi connectivity index (χ3v) is 5.42. The van der Waals surface area contributed by atoms with Gasteiger partial charge in [0.05, 0.1) is 0 Å². The number of nitrogens with one attached hydrogen (secondary N) is 1. The number of halogens is 2. The topological polar surface area (TPSA) is 88.0 Å². The second-order valence-corrected chi connectivity index (χ2v) is 8.47. The zero-order valence-corrected chi connectivity index (χ0v) is 19.5. The van der Waals surface area contributed by atoms with Gasteiger partial charge in [-0.1, -0.05) is 50.1 Å². The molecule has 6 nitrogen and oxygen atoms in total. The maximum absolute atomic E-state index is 12.7. The summed E-state index contributed by atoms with van der Waals surface area (Å²) in [5.74, 6) is 0.501. The highest BCUT2D eigenvalue weighted by atomic mass is 79.9. The number of carbonyl (C=O) groups excluding carboxylic acids is 1. The van der Waals surface area contributed by atoms with Gasteiger partial charge < -0.3 is 19.7 Å². The number of rotatable bonds is 8. The molecule has 1 amide bonds. The first-order chi connectivity index (χ1) is 15.0. The van der Waals surface area contributed by atoms with E-state index in [1.165, 1.54) is 6.07 Å². The van der Waals surface area contributed by atoms with Crippen LogP contribution in [-0.4, -0.2) is 29.0 Å². The Balaban J connectivity index is 1.89. The smallest absolute Gasteiger partial charge is 0.412 e. The summed E-state index contributed by atoms with van der Waals surface area (Å²) in [5, 5.41) is 22.8. The predicted molar refractivity (Wildman–Crippen MR) is 125 cm³/mol. The van der Waals surface area contributed by atoms with Gasteiger partial charge in [0.25, 0.3) is 0 Å². The van der Waals surface area contributed by atoms with Crippen LogP contribution >= 0.6 is 31.9 Å². The number of phenols is 1. The monoisotopic (exact) mass is 549 g/mol. The van der Waals surface area contributed by atoms with Crippen molar-refractivity contribution in [1.29, 1.82) is 0 Å². The lowest BCUT2D eigenvalue weighted by atomic mass is 10.0. The highest BCUT2D eigenvalue weighted by Gasteiger charge is 2.31. The van der Waals surface area contributed by atoms with Crippen LogP contribution in [0.3, 0.4) is 0 Å². The molecule has 0 aliphatic heterocycles. The summed E-state index contributed by atoms with van der Waals surface area (Å²) in [7, 11) is 0. The van der Waals surface area contributed by atoms with Crippen LogP contribution in [0.1, 0.15) is 18.1 Å². The van der Waals surface area contributed by atoms with Crippen LogP contribution in [0, 0.1) is 0 Å². The second-order valence-electron chi connectivity index (χ2n) is 6.64. The van der Waals surface area contributed by atoms with E-state index in [1.54, 1.807) is 48.5 Å². The fraction of sp³-hybridized carbons (Fsp3) is 0.174. The molecule has 3 rings (SSSR count). The normalized spacial score (nSPS) is 12.6. The summed E-state index contributed by atoms with van der Waals surface area (Å²) in [4.78, 5) is 12.7. The van der Waals surface area contributed by atoms with Gasteiger partial charge in [-0.25, -0.2) is 4.79 Å². The minimum absolute atomic E-state index is 0.0516. The van der Waals surface area contributed by atoms with E-state index in [9.17, 15) is 15.0 Å². The highest BCUT2D eigenvalue weighted by molar-refractivity contribution is 9.10. The Morgan fingerprint density at radius 1 is 0.968 bits per heavy atom. The SMILES string of the molecule is O=C(Nc1ccc(Br)cc1)O[C@H](c1cc(Br)ccc1O)[C@@H](CCO)Oc1ccccc1. The van der Waals surface area contributed by atoms with Crippen molar-refractivity contribution in [2.24, 2.45) is 0 Å². The Morgan fingerprint density at radius 3 is 2.32 bits per heavy atom. The molecule has 0 saturated carbocycles. The highest BCUT2D eigenvalue weighted by Crippen LogP contribution is 2.35. The van der Waals surface area contributed by atoms with Crippen LogP contribution in [0.15, 0.2) is 81.7 Å². The molecule has 0 aliphatic rings. The molecule has 0 saturated heterocycles. The van der Waals surface area contributed by atoms with E-state index in [0.29, 0.717) is 21.5 Å². The van der Waals surface area contributed by atoms with E-state index >= 15 is 0 Å². The molecule has 162 valence electrons. The number of amides is 1. The maximum Gasteiger partial charge on any atom is 0.412 e. The van der Waals surface area contributed by atoms with Gasteiger partial charge in [0.1, 0.15) is 17.6 Å². The van der Waals surface area contributed by atoms with Gasteiger partial charge in [-0.2, -0.15) is 0 Å². The van der Waals surface area contributed by atoms with Crippen LogP contribution in [0.2, 0.25) is 0 Å². The summed E-state index contributed by atoms with van der Waals surface area (Å²) in [6, 6.07) is 20.9. The number of hydrogen-bond donors (Lipinski definition) is 3. The lowest BCUT2D eigenvalue weighted by Crippen LogP contribution is -2.32. The van der Waals surface area contributed by atoms with Gasteiger partial charge in [0, 0.05) is 33.2 Å². The molecule has 0 radical (unpaired) electrons. The van der Waals surface area contributed by atoms with E-state index in [1.807, 2.05) is 18.2 Å². The summed E-state index contributed by atoms with van der Waals surface area (Å²) >= 11 is 6.73. The zero-order valence-electron chi connectivity index (χ0n) is 16.4. The van der Waals surface area contributed by atoms with E-state index in [2.05, 4.69) is 37.2 Å². The first-order valence-electron chi connectivity index (χ1n) is 9.50. The molecule has 31 heavy (non-hydrogen) atoms. The number of phenolic OH excluding ortho intramolecular Hbond substituents is 1. The van der Waals surface area contributed by atoms with Gasteiger partial charge in [-0.05, 0) is 54.6 Å². The molecule has 3 N–H and O–H groups in total. The number of para-hydroxylation sites is 1. The van der Waals surface area contributed by atoms with Crippen LogP contribution in [0.25, 0.3) is 0 Å². The summed E-state index contributed by atoms with van der Waals surface area (Å²) in [5.41, 5.74) is 0.905. The second kappa shape index (κ2) is 11.2. The van der Waals surface area contributed by atoms with Crippen LogP contribution in [0.5, 0.6) is 11.5 Å². The minimum Gasteiger partial charge on any atom is -0.508 e. The molecular weight excluding hydrogens is 530 g/mol. The van der Waals surface area contributed by atoms with E-state index < -0.39 is 18.3 Å². The van der Waals surface area contributed by atoms with Crippen molar-refractivity contribution in [2.45, 2.75) is 18.6 Å². The van der Waals surface area contributed by atoms with Crippen molar-refractivity contribution in [2.75, 3.05) is 11.9 Å². The quantitative estimate of drug-likeness (QED) is 0.318. The number of benzene rings is 3. The van der Waals surface area contributed by atoms with Crippen LogP contribution in [-0.2, 0) is 4.74 Å². The molecule has 0 unspecified atom stereocenters. The third-order valence-electron chi connectivity index (χ3n) is 4.40. The number of aliphatic hydroxyl groups is 1. The van der Waals surface area contributed by atoms with Crippen molar-refractivity contribution >= 4 is 43.6 Å². The average Bonchev–Trinajstić information content (AvgIpc) is 2.76. The fourth-order valence-electron chi connectivity index (χ4n) is 2.96. The molecular formula is C23H21Br2NO5. The van der Waals surface area contributed by atoms with E-state index in [4.69, 9.17) is 9.47 Å². The van der Waals surface area contributed by atoms with Crippen LogP contribution < -0.4 is 10.1 Å². The third kappa shape index (κ3) is 6.72. The summed E-state index contributed by atoms with van der Waals surface area (Å²) < 4.78 is 13.3. The first kappa shape index (κ1) is 23.1. The largest absolute Gasteiger partial charge is 0.508 e. The molecule has 8 heteroatoms. The number of aliphatic hydroxyl groups excluding tert-OH is 1. The lowest BCUT2D eigenvalue weighted by Gasteiger charge is -2.28. The zero-order chi connectivity index (χ0) is 22.2. The Bertz CT molecular complexity index is 999. The van der Waals surface area contributed by atoms with E-state index in [-0.39, 0.29) is 18.8 Å². The molecule has 0 fully saturated rings. The molecule has 3 aromatic rings. The predicted octanol–water partition coefficient (Wildman–Crippen LogP) is 6.04. The van der Waals surface area contributed by atoms with Crippen molar-refractivity contribution < 1.29 is 24.5 Å². The van der Waals surface area contributed by atoms with Crippen molar-refractivity contribution in [3.8, 4) is 11.5 Å². The van der Waals surface area contributed by atoms with Crippen molar-refractivity contribution in [3.63, 3.8) is 0 Å². The molecule has 0 aliphatic carbocycles. The minimum atomic E-state index is -0.986. The Labute approximate surface area is 197 Å². The Hall–Kier alpha value is -2.55. The summed E-state index contributed by atoms with van der Waals surface area (Å²) in [6.07, 6.45) is -2.27. The van der Waals surface area contributed by atoms with Gasteiger partial charge in [-0.15, -0.1) is 0 Å². The first-order valence-corrected chi connectivity index (χ1v) is 11.1. The Kier molecular flexibility index (Phi) is 8.34. The van der Waals surface area contributed by atoms with E-state index in [0.717, 1.165) is 4.47 Å². The molecule has 0 heterocycles.